The number of hydrogen-bond donors (Lipinski definition) is 1. The average molecular weight is 466 g/mol. The number of hydrogen-bond acceptors (Lipinski definition) is 6. The molecule has 2 atom stereocenters. The van der Waals surface area contributed by atoms with Gasteiger partial charge in [-0.25, -0.2) is 0 Å². The van der Waals surface area contributed by atoms with Gasteiger partial charge in [0.1, 0.15) is 0 Å². The molecule has 1 saturated heterocycles. The molecule has 0 aromatic heterocycles. The standard InChI is InChI=1S/C26H31N3O5/c1-32-21-15-17-7-9-29-24(20(17)16-22(21)33-2)23(18-5-3-4-6-19(18)26(29)31)25(30)27-8-10-28-11-13-34-14-12-28/h3-6,15-16,23-24H,7-14H2,1-2H3,(H,27,30)/t23-,24-/m0/s1. The number of ether oxygens (including phenoxy) is 3. The zero-order valence-electron chi connectivity index (χ0n) is 19.7. The third-order valence-corrected chi connectivity index (χ3v) is 7.14. The Morgan fingerprint density at radius 3 is 2.56 bits per heavy atom. The quantitative estimate of drug-likeness (QED) is 0.703. The average Bonchev–Trinajstić information content (AvgIpc) is 2.88. The number of carbonyl (C=O) groups excluding carboxylic acids is 2. The Labute approximate surface area is 199 Å². The second-order valence-corrected chi connectivity index (χ2v) is 8.91. The molecule has 3 aliphatic heterocycles. The predicted octanol–water partition coefficient (Wildman–Crippen LogP) is 1.99. The molecule has 2 aromatic carbocycles. The smallest absolute Gasteiger partial charge is 0.254 e. The van der Waals surface area contributed by atoms with E-state index in [-0.39, 0.29) is 11.8 Å². The first-order valence-corrected chi connectivity index (χ1v) is 11.8. The Morgan fingerprint density at radius 2 is 1.79 bits per heavy atom. The maximum atomic E-state index is 13.7. The monoisotopic (exact) mass is 465 g/mol. The molecule has 3 heterocycles. The number of morpholine rings is 1. The van der Waals surface area contributed by atoms with Gasteiger partial charge in [0.2, 0.25) is 5.91 Å². The Balaban J connectivity index is 1.49. The van der Waals surface area contributed by atoms with Gasteiger partial charge in [0, 0.05) is 38.3 Å². The molecular weight excluding hydrogens is 434 g/mol. The summed E-state index contributed by atoms with van der Waals surface area (Å²) in [6.45, 7) is 5.09. The van der Waals surface area contributed by atoms with E-state index in [1.807, 2.05) is 41.3 Å². The highest BCUT2D eigenvalue weighted by atomic mass is 16.5. The highest BCUT2D eigenvalue weighted by Crippen LogP contribution is 2.48. The van der Waals surface area contributed by atoms with Crippen molar-refractivity contribution in [2.45, 2.75) is 18.4 Å². The van der Waals surface area contributed by atoms with E-state index >= 15 is 0 Å². The van der Waals surface area contributed by atoms with Gasteiger partial charge in [-0.15, -0.1) is 0 Å². The summed E-state index contributed by atoms with van der Waals surface area (Å²) < 4.78 is 16.5. The van der Waals surface area contributed by atoms with Crippen molar-refractivity contribution in [2.24, 2.45) is 0 Å². The van der Waals surface area contributed by atoms with E-state index in [1.54, 1.807) is 14.2 Å². The first-order chi connectivity index (χ1) is 16.6. The van der Waals surface area contributed by atoms with Crippen LogP contribution in [0, 0.1) is 0 Å². The highest BCUT2D eigenvalue weighted by molar-refractivity contribution is 6.01. The van der Waals surface area contributed by atoms with Gasteiger partial charge in [0.15, 0.2) is 11.5 Å². The zero-order chi connectivity index (χ0) is 23.7. The molecule has 3 aliphatic rings. The van der Waals surface area contributed by atoms with Gasteiger partial charge in [0.25, 0.3) is 5.91 Å². The van der Waals surface area contributed by atoms with Gasteiger partial charge in [-0.05, 0) is 41.3 Å². The van der Waals surface area contributed by atoms with Crippen LogP contribution >= 0.6 is 0 Å². The van der Waals surface area contributed by atoms with Crippen LogP contribution < -0.4 is 14.8 Å². The number of carbonyl (C=O) groups is 2. The molecule has 0 radical (unpaired) electrons. The van der Waals surface area contributed by atoms with Crippen LogP contribution in [0.1, 0.15) is 39.0 Å². The predicted molar refractivity (Wildman–Crippen MR) is 126 cm³/mol. The lowest BCUT2D eigenvalue weighted by Crippen LogP contribution is -2.50. The van der Waals surface area contributed by atoms with E-state index in [0.717, 1.165) is 49.5 Å². The minimum Gasteiger partial charge on any atom is -0.493 e. The van der Waals surface area contributed by atoms with Crippen molar-refractivity contribution in [3.63, 3.8) is 0 Å². The Morgan fingerprint density at radius 1 is 1.06 bits per heavy atom. The second kappa shape index (κ2) is 9.64. The number of nitrogens with zero attached hydrogens (tertiary/aromatic N) is 2. The van der Waals surface area contributed by atoms with Crippen LogP contribution in [0.5, 0.6) is 11.5 Å². The van der Waals surface area contributed by atoms with Crippen molar-refractivity contribution < 1.29 is 23.8 Å². The van der Waals surface area contributed by atoms with Crippen LogP contribution in [0.4, 0.5) is 0 Å². The minimum absolute atomic E-state index is 0.0293. The molecule has 8 heteroatoms. The molecule has 0 bridgehead atoms. The third-order valence-electron chi connectivity index (χ3n) is 7.14. The van der Waals surface area contributed by atoms with Gasteiger partial charge in [0.05, 0.1) is 39.4 Å². The van der Waals surface area contributed by atoms with E-state index in [0.29, 0.717) is 36.6 Å². The molecule has 2 aromatic rings. The number of methoxy groups -OCH3 is 2. The summed E-state index contributed by atoms with van der Waals surface area (Å²) in [5.74, 6) is 0.657. The number of amides is 2. The molecular formula is C26H31N3O5. The van der Waals surface area contributed by atoms with Crippen molar-refractivity contribution in [1.29, 1.82) is 0 Å². The van der Waals surface area contributed by atoms with Gasteiger partial charge < -0.3 is 24.4 Å². The van der Waals surface area contributed by atoms with Crippen molar-refractivity contribution >= 4 is 11.8 Å². The van der Waals surface area contributed by atoms with E-state index in [9.17, 15) is 9.59 Å². The first-order valence-electron chi connectivity index (χ1n) is 11.8. The topological polar surface area (TPSA) is 80.3 Å². The Bertz CT molecular complexity index is 1080. The van der Waals surface area contributed by atoms with Crippen molar-refractivity contribution in [2.75, 3.05) is 60.2 Å². The molecule has 2 amide bonds. The molecule has 1 N–H and O–H groups in total. The van der Waals surface area contributed by atoms with Crippen molar-refractivity contribution in [3.8, 4) is 11.5 Å². The van der Waals surface area contributed by atoms with Crippen LogP contribution in [0.3, 0.4) is 0 Å². The summed E-state index contributed by atoms with van der Waals surface area (Å²) in [6.07, 6.45) is 0.700. The summed E-state index contributed by atoms with van der Waals surface area (Å²) in [4.78, 5) is 31.3. The van der Waals surface area contributed by atoms with E-state index in [4.69, 9.17) is 14.2 Å². The number of benzene rings is 2. The zero-order valence-corrected chi connectivity index (χ0v) is 19.7. The van der Waals surface area contributed by atoms with Crippen LogP contribution in [0.2, 0.25) is 0 Å². The summed E-state index contributed by atoms with van der Waals surface area (Å²) >= 11 is 0. The lowest BCUT2D eigenvalue weighted by Gasteiger charge is -2.45. The van der Waals surface area contributed by atoms with Crippen LogP contribution in [-0.2, 0) is 16.0 Å². The van der Waals surface area contributed by atoms with Gasteiger partial charge in [-0.2, -0.15) is 0 Å². The van der Waals surface area contributed by atoms with Crippen LogP contribution in [0.25, 0.3) is 0 Å². The van der Waals surface area contributed by atoms with Crippen LogP contribution in [-0.4, -0.2) is 81.8 Å². The van der Waals surface area contributed by atoms with Gasteiger partial charge in [-0.3, -0.25) is 14.5 Å². The Hall–Kier alpha value is -3.10. The molecule has 180 valence electrons. The summed E-state index contributed by atoms with van der Waals surface area (Å²) in [5, 5.41) is 3.16. The fraction of sp³-hybridized carbons (Fsp3) is 0.462. The molecule has 0 spiro atoms. The molecule has 5 rings (SSSR count). The highest BCUT2D eigenvalue weighted by Gasteiger charge is 2.46. The molecule has 34 heavy (non-hydrogen) atoms. The third kappa shape index (κ3) is 4.01. The van der Waals surface area contributed by atoms with Crippen molar-refractivity contribution in [1.82, 2.24) is 15.1 Å². The summed E-state index contributed by atoms with van der Waals surface area (Å²) in [5.41, 5.74) is 3.41. The molecule has 8 nitrogen and oxygen atoms in total. The maximum absolute atomic E-state index is 13.7. The number of rotatable bonds is 6. The summed E-state index contributed by atoms with van der Waals surface area (Å²) in [7, 11) is 3.21. The maximum Gasteiger partial charge on any atom is 0.254 e. The molecule has 0 aliphatic carbocycles. The molecule has 1 fully saturated rings. The van der Waals surface area contributed by atoms with E-state index in [2.05, 4.69) is 10.2 Å². The van der Waals surface area contributed by atoms with Gasteiger partial charge >= 0.3 is 0 Å². The van der Waals surface area contributed by atoms with E-state index in [1.165, 1.54) is 0 Å². The lowest BCUT2D eigenvalue weighted by molar-refractivity contribution is -0.124. The fourth-order valence-electron chi connectivity index (χ4n) is 5.41. The SMILES string of the molecule is COc1cc2c(cc1OC)[C@H]1[C@@H](C(=O)NCCN3CCOCC3)c3ccccc3C(=O)N1CC2. The minimum atomic E-state index is -0.504. The number of fused-ring (bicyclic) bond motifs is 4. The summed E-state index contributed by atoms with van der Waals surface area (Å²) in [6, 6.07) is 11.0. The van der Waals surface area contributed by atoms with Gasteiger partial charge in [-0.1, -0.05) is 18.2 Å². The van der Waals surface area contributed by atoms with E-state index < -0.39 is 12.0 Å². The van der Waals surface area contributed by atoms with Crippen molar-refractivity contribution in [3.05, 3.63) is 58.7 Å². The fourth-order valence-corrected chi connectivity index (χ4v) is 5.41. The molecule has 0 unspecified atom stereocenters. The number of nitrogens with one attached hydrogen (secondary N) is 1. The normalized spacial score (nSPS) is 21.8. The second-order valence-electron chi connectivity index (χ2n) is 8.91. The lowest BCUT2D eigenvalue weighted by atomic mass is 9.75. The Kier molecular flexibility index (Phi) is 6.43. The first kappa shape index (κ1) is 22.7. The van der Waals surface area contributed by atoms with Crippen LogP contribution in [0.15, 0.2) is 36.4 Å². The molecule has 0 saturated carbocycles. The largest absolute Gasteiger partial charge is 0.493 e.